The van der Waals surface area contributed by atoms with Gasteiger partial charge in [-0.3, -0.25) is 5.32 Å². The zero-order valence-electron chi connectivity index (χ0n) is 27.5. The van der Waals surface area contributed by atoms with Crippen LogP contribution in [0.3, 0.4) is 0 Å². The van der Waals surface area contributed by atoms with Crippen molar-refractivity contribution in [2.75, 3.05) is 25.1 Å². The Morgan fingerprint density at radius 3 is 2.37 bits per heavy atom. The Labute approximate surface area is 279 Å². The number of ether oxygens (including phenoxy) is 1. The van der Waals surface area contributed by atoms with Gasteiger partial charge in [-0.1, -0.05) is 63.5 Å². The number of aliphatic carboxylic acids is 1. The minimum absolute atomic E-state index is 0.00960. The number of aromatic nitrogens is 2. The molecule has 46 heavy (non-hydrogen) atoms. The van der Waals surface area contributed by atoms with Crippen LogP contribution in [-0.4, -0.2) is 66.3 Å². The van der Waals surface area contributed by atoms with E-state index in [1.54, 1.807) is 4.90 Å². The van der Waals surface area contributed by atoms with Crippen molar-refractivity contribution in [3.8, 4) is 11.8 Å². The first-order chi connectivity index (χ1) is 22.0. The number of sulfone groups is 1. The molecule has 1 saturated heterocycles. The summed E-state index contributed by atoms with van der Waals surface area (Å²) in [6, 6.07) is 7.89. The summed E-state index contributed by atoms with van der Waals surface area (Å²) in [6.45, 7) is 5.21. The number of nitriles is 1. The van der Waals surface area contributed by atoms with Crippen LogP contribution in [0.1, 0.15) is 109 Å². The molecule has 2 heterocycles. The lowest BCUT2D eigenvalue weighted by atomic mass is 9.93. The van der Waals surface area contributed by atoms with Crippen molar-refractivity contribution >= 4 is 33.2 Å². The maximum Gasteiger partial charge on any atom is 0.326 e. The van der Waals surface area contributed by atoms with Crippen LogP contribution in [0.5, 0.6) is 5.75 Å². The Balaban J connectivity index is 0.000000254. The van der Waals surface area contributed by atoms with E-state index in [9.17, 15) is 18.3 Å². The molecule has 0 bridgehead atoms. The summed E-state index contributed by atoms with van der Waals surface area (Å²) in [5.41, 5.74) is 0.673. The van der Waals surface area contributed by atoms with Gasteiger partial charge < -0.3 is 14.7 Å². The predicted octanol–water partition coefficient (Wildman–Crippen LogP) is 6.86. The van der Waals surface area contributed by atoms with Crippen molar-refractivity contribution in [3.63, 3.8) is 0 Å². The summed E-state index contributed by atoms with van der Waals surface area (Å²) < 4.78 is 33.6. The molecule has 10 nitrogen and oxygen atoms in total. The standard InChI is InChI=1S/C20H24ClN3O5S.C14H26N2/c1-12-8-19(24(22-12)13-4-3-5-13)23-11-15(10-17(23)20(25)26)30(27,28)18-7-6-14(29-2)9-16(18)21;1-2-3-4-5-6-7-8-9-12-16-14(13-15)10-11-14/h6-9,13,15,17H,3-5,10-11H2,1-2H3,(H,25,26);16H,2-12H2,1H3/t15-,17+;/m1./s1. The first-order valence-corrected chi connectivity index (χ1v) is 18.8. The molecular weight excluding hydrogens is 626 g/mol. The lowest BCUT2D eigenvalue weighted by molar-refractivity contribution is -0.138. The topological polar surface area (TPSA) is 138 Å². The van der Waals surface area contributed by atoms with E-state index >= 15 is 0 Å². The minimum atomic E-state index is -3.84. The number of hydrogen-bond donors (Lipinski definition) is 2. The Hall–Kier alpha value is -2.81. The van der Waals surface area contributed by atoms with E-state index in [2.05, 4.69) is 23.4 Å². The zero-order valence-corrected chi connectivity index (χ0v) is 29.1. The van der Waals surface area contributed by atoms with E-state index in [4.69, 9.17) is 21.6 Å². The van der Waals surface area contributed by atoms with E-state index in [0.717, 1.165) is 44.3 Å². The fourth-order valence-electron chi connectivity index (χ4n) is 6.19. The molecule has 3 fully saturated rings. The molecule has 254 valence electrons. The second-order valence-corrected chi connectivity index (χ2v) is 15.6. The number of benzene rings is 1. The average Bonchev–Trinajstić information content (AvgIpc) is 3.46. The Morgan fingerprint density at radius 1 is 1.15 bits per heavy atom. The number of unbranched alkanes of at least 4 members (excludes halogenated alkanes) is 7. The third-order valence-electron chi connectivity index (χ3n) is 9.44. The molecule has 5 rings (SSSR count). The van der Waals surface area contributed by atoms with E-state index in [1.807, 2.05) is 17.7 Å². The van der Waals surface area contributed by atoms with Gasteiger partial charge in [0.05, 0.1) is 40.1 Å². The summed E-state index contributed by atoms with van der Waals surface area (Å²) in [7, 11) is -2.37. The molecule has 12 heteroatoms. The highest BCUT2D eigenvalue weighted by Gasteiger charge is 2.46. The minimum Gasteiger partial charge on any atom is -0.497 e. The smallest absolute Gasteiger partial charge is 0.326 e. The van der Waals surface area contributed by atoms with Gasteiger partial charge in [-0.05, 0) is 70.5 Å². The fraction of sp³-hybridized carbons (Fsp3) is 0.676. The van der Waals surface area contributed by atoms with E-state index in [-0.39, 0.29) is 34.5 Å². The van der Waals surface area contributed by atoms with Gasteiger partial charge in [-0.2, -0.15) is 10.4 Å². The number of aryl methyl sites for hydroxylation is 1. The summed E-state index contributed by atoms with van der Waals surface area (Å²) in [5, 5.41) is 25.8. The normalized spacial score (nSPS) is 20.4. The Morgan fingerprint density at radius 2 is 1.83 bits per heavy atom. The van der Waals surface area contributed by atoms with E-state index in [1.165, 1.54) is 76.7 Å². The first kappa shape index (κ1) is 36.0. The van der Waals surface area contributed by atoms with Gasteiger partial charge in [0, 0.05) is 18.7 Å². The van der Waals surface area contributed by atoms with Crippen LogP contribution in [0, 0.1) is 18.3 Å². The molecule has 2 N–H and O–H groups in total. The van der Waals surface area contributed by atoms with Crippen molar-refractivity contribution in [1.29, 1.82) is 5.26 Å². The fourth-order valence-corrected chi connectivity index (χ4v) is 8.42. The quantitative estimate of drug-likeness (QED) is 0.183. The van der Waals surface area contributed by atoms with Crippen molar-refractivity contribution in [3.05, 3.63) is 35.0 Å². The molecule has 0 spiro atoms. The van der Waals surface area contributed by atoms with Gasteiger partial charge >= 0.3 is 5.97 Å². The van der Waals surface area contributed by atoms with Crippen molar-refractivity contribution < 1.29 is 23.1 Å². The van der Waals surface area contributed by atoms with Gasteiger partial charge in [0.2, 0.25) is 0 Å². The van der Waals surface area contributed by atoms with Gasteiger partial charge in [-0.15, -0.1) is 0 Å². The molecule has 3 aliphatic rings. The molecule has 1 aliphatic heterocycles. The number of nitrogens with zero attached hydrogens (tertiary/aromatic N) is 4. The summed E-state index contributed by atoms with van der Waals surface area (Å²) >= 11 is 6.22. The van der Waals surface area contributed by atoms with Crippen LogP contribution < -0.4 is 15.0 Å². The van der Waals surface area contributed by atoms with Crippen LogP contribution in [0.15, 0.2) is 29.2 Å². The molecule has 2 aromatic rings. The van der Waals surface area contributed by atoms with Crippen LogP contribution in [0.25, 0.3) is 0 Å². The van der Waals surface area contributed by atoms with Crippen LogP contribution in [-0.2, 0) is 14.6 Å². The maximum atomic E-state index is 13.3. The highest BCUT2D eigenvalue weighted by molar-refractivity contribution is 7.92. The number of methoxy groups -OCH3 is 1. The largest absolute Gasteiger partial charge is 0.497 e. The van der Waals surface area contributed by atoms with Crippen LogP contribution in [0.2, 0.25) is 5.02 Å². The van der Waals surface area contributed by atoms with E-state index < -0.39 is 27.1 Å². The number of carbonyl (C=O) groups is 1. The van der Waals surface area contributed by atoms with Gasteiger partial charge in [0.25, 0.3) is 0 Å². The molecule has 2 atom stereocenters. The first-order valence-electron chi connectivity index (χ1n) is 16.8. The highest BCUT2D eigenvalue weighted by atomic mass is 35.5. The molecule has 0 radical (unpaired) electrons. The number of hydrogen-bond acceptors (Lipinski definition) is 8. The molecule has 1 aromatic carbocycles. The van der Waals surface area contributed by atoms with Crippen molar-refractivity contribution in [2.45, 2.75) is 132 Å². The third-order valence-corrected chi connectivity index (χ3v) is 12.1. The number of rotatable bonds is 16. The lowest BCUT2D eigenvalue weighted by Crippen LogP contribution is -2.38. The molecule has 2 saturated carbocycles. The monoisotopic (exact) mass is 675 g/mol. The van der Waals surface area contributed by atoms with E-state index in [0.29, 0.717) is 11.6 Å². The average molecular weight is 676 g/mol. The van der Waals surface area contributed by atoms with Crippen molar-refractivity contribution in [1.82, 2.24) is 15.1 Å². The third kappa shape index (κ3) is 8.96. The second-order valence-electron chi connectivity index (χ2n) is 13.0. The van der Waals surface area contributed by atoms with Crippen molar-refractivity contribution in [2.24, 2.45) is 0 Å². The molecule has 0 amide bonds. The Kier molecular flexibility index (Phi) is 12.8. The van der Waals surface area contributed by atoms with Crippen LogP contribution >= 0.6 is 11.6 Å². The predicted molar refractivity (Wildman–Crippen MR) is 180 cm³/mol. The molecule has 1 aromatic heterocycles. The molecule has 0 unspecified atom stereocenters. The number of nitrogens with one attached hydrogen (secondary N) is 1. The van der Waals surface area contributed by atoms with Gasteiger partial charge in [-0.25, -0.2) is 17.9 Å². The van der Waals surface area contributed by atoms with Crippen LogP contribution in [0.4, 0.5) is 5.82 Å². The maximum absolute atomic E-state index is 13.3. The molecule has 2 aliphatic carbocycles. The lowest BCUT2D eigenvalue weighted by Gasteiger charge is -2.31. The number of halogens is 1. The number of carboxylic acid groups (broad SMARTS) is 1. The Bertz CT molecular complexity index is 1460. The second kappa shape index (κ2) is 16.3. The van der Waals surface area contributed by atoms with Gasteiger partial charge in [0.1, 0.15) is 23.1 Å². The highest BCUT2D eigenvalue weighted by Crippen LogP contribution is 2.39. The zero-order chi connectivity index (χ0) is 33.3. The summed E-state index contributed by atoms with van der Waals surface area (Å²) in [6.07, 6.45) is 16.0. The number of anilines is 1. The molecular formula is C34H50ClN5O5S. The van der Waals surface area contributed by atoms with Gasteiger partial charge in [0.15, 0.2) is 9.84 Å². The SMILES string of the molecule is CCCCCCCCCCNC1(C#N)CC1.COc1ccc(S(=O)(=O)[C@@H]2C[C@@H](C(=O)O)N(c3cc(C)nn3C3CCC3)C2)c(Cl)c1. The summed E-state index contributed by atoms with van der Waals surface area (Å²) in [4.78, 5) is 13.7. The number of carboxylic acids is 1. The summed E-state index contributed by atoms with van der Waals surface area (Å²) in [5.74, 6) is 0.0750.